The van der Waals surface area contributed by atoms with E-state index in [2.05, 4.69) is 12.2 Å². The van der Waals surface area contributed by atoms with Crippen LogP contribution in [0.1, 0.15) is 49.4 Å². The number of rotatable bonds is 3. The zero-order valence-corrected chi connectivity index (χ0v) is 12.1. The lowest BCUT2D eigenvalue weighted by Gasteiger charge is -2.33. The van der Waals surface area contributed by atoms with Gasteiger partial charge in [0.05, 0.1) is 10.6 Å². The Kier molecular flexibility index (Phi) is 4.35. The van der Waals surface area contributed by atoms with Gasteiger partial charge in [0.2, 0.25) is 0 Å². The standard InChI is InChI=1S/C15H21ClN2O/c1-15(7-3-2-4-8-15)10-18-14(19)12-6-5-11(17)9-13(12)16/h5-6,9H,2-4,7-8,10,17H2,1H3,(H,18,19). The first-order chi connectivity index (χ1) is 9.00. The Hall–Kier alpha value is -1.22. The third-order valence-electron chi connectivity index (χ3n) is 3.97. The van der Waals surface area contributed by atoms with Crippen molar-refractivity contribution in [3.05, 3.63) is 28.8 Å². The van der Waals surface area contributed by atoms with Crippen molar-refractivity contribution in [1.29, 1.82) is 0 Å². The highest BCUT2D eigenvalue weighted by Gasteiger charge is 2.27. The molecular weight excluding hydrogens is 260 g/mol. The highest BCUT2D eigenvalue weighted by atomic mass is 35.5. The maximum atomic E-state index is 12.1. The van der Waals surface area contributed by atoms with E-state index in [1.54, 1.807) is 18.2 Å². The lowest BCUT2D eigenvalue weighted by molar-refractivity contribution is 0.0919. The molecule has 1 amide bonds. The Bertz CT molecular complexity index is 467. The van der Waals surface area contributed by atoms with E-state index in [4.69, 9.17) is 17.3 Å². The molecule has 1 aromatic rings. The highest BCUT2D eigenvalue weighted by Crippen LogP contribution is 2.35. The number of nitrogens with two attached hydrogens (primary N) is 1. The summed E-state index contributed by atoms with van der Waals surface area (Å²) in [6, 6.07) is 4.98. The van der Waals surface area contributed by atoms with Gasteiger partial charge in [-0.25, -0.2) is 0 Å². The summed E-state index contributed by atoms with van der Waals surface area (Å²) in [4.78, 5) is 12.1. The number of hydrogen-bond donors (Lipinski definition) is 2. The van der Waals surface area contributed by atoms with Crippen molar-refractivity contribution in [3.63, 3.8) is 0 Å². The molecule has 19 heavy (non-hydrogen) atoms. The Labute approximate surface area is 119 Å². The van der Waals surface area contributed by atoms with Gasteiger partial charge in [-0.3, -0.25) is 4.79 Å². The number of hydrogen-bond acceptors (Lipinski definition) is 2. The van der Waals surface area contributed by atoms with Gasteiger partial charge in [0.1, 0.15) is 0 Å². The molecule has 0 radical (unpaired) electrons. The minimum atomic E-state index is -0.114. The minimum absolute atomic E-state index is 0.114. The summed E-state index contributed by atoms with van der Waals surface area (Å²) in [7, 11) is 0. The number of carbonyl (C=O) groups excluding carboxylic acids is 1. The summed E-state index contributed by atoms with van der Waals surface area (Å²) in [6.45, 7) is 2.96. The summed E-state index contributed by atoms with van der Waals surface area (Å²) in [6.07, 6.45) is 6.20. The van der Waals surface area contributed by atoms with Crippen LogP contribution in [0.3, 0.4) is 0 Å². The molecule has 4 heteroatoms. The number of carbonyl (C=O) groups is 1. The lowest BCUT2D eigenvalue weighted by Crippen LogP contribution is -2.37. The van der Waals surface area contributed by atoms with Crippen LogP contribution < -0.4 is 11.1 Å². The van der Waals surface area contributed by atoms with Gasteiger partial charge >= 0.3 is 0 Å². The van der Waals surface area contributed by atoms with Crippen LogP contribution in [0.25, 0.3) is 0 Å². The van der Waals surface area contributed by atoms with Gasteiger partial charge < -0.3 is 11.1 Å². The van der Waals surface area contributed by atoms with Crippen molar-refractivity contribution >= 4 is 23.2 Å². The van der Waals surface area contributed by atoms with Gasteiger partial charge in [-0.05, 0) is 36.5 Å². The van der Waals surface area contributed by atoms with Crippen molar-refractivity contribution < 1.29 is 4.79 Å². The van der Waals surface area contributed by atoms with Gasteiger partial charge in [0.25, 0.3) is 5.91 Å². The van der Waals surface area contributed by atoms with Crippen LogP contribution in [0.5, 0.6) is 0 Å². The molecule has 104 valence electrons. The first-order valence-corrected chi connectivity index (χ1v) is 7.21. The van der Waals surface area contributed by atoms with Crippen LogP contribution in [0.2, 0.25) is 5.02 Å². The molecule has 0 spiro atoms. The molecule has 3 nitrogen and oxygen atoms in total. The number of halogens is 1. The number of nitrogens with one attached hydrogen (secondary N) is 1. The van der Waals surface area contributed by atoms with Gasteiger partial charge in [-0.2, -0.15) is 0 Å². The molecule has 1 aliphatic carbocycles. The van der Waals surface area contributed by atoms with Gasteiger partial charge in [-0.15, -0.1) is 0 Å². The number of nitrogen functional groups attached to an aromatic ring is 1. The number of anilines is 1. The van der Waals surface area contributed by atoms with Crippen LogP contribution in [0.15, 0.2) is 18.2 Å². The summed E-state index contributed by atoms with van der Waals surface area (Å²) >= 11 is 6.04. The molecule has 3 N–H and O–H groups in total. The number of benzene rings is 1. The van der Waals surface area contributed by atoms with Crippen LogP contribution in [-0.4, -0.2) is 12.5 Å². The second kappa shape index (κ2) is 5.83. The van der Waals surface area contributed by atoms with E-state index in [1.165, 1.54) is 32.1 Å². The van der Waals surface area contributed by atoms with Gasteiger partial charge in [0.15, 0.2) is 0 Å². The second-order valence-electron chi connectivity index (χ2n) is 5.79. The fourth-order valence-corrected chi connectivity index (χ4v) is 2.96. The van der Waals surface area contributed by atoms with E-state index < -0.39 is 0 Å². The molecule has 1 aromatic carbocycles. The third kappa shape index (κ3) is 3.63. The first-order valence-electron chi connectivity index (χ1n) is 6.83. The molecule has 0 atom stereocenters. The van der Waals surface area contributed by atoms with Crippen LogP contribution >= 0.6 is 11.6 Å². The predicted molar refractivity (Wildman–Crippen MR) is 79.4 cm³/mol. The van der Waals surface area contributed by atoms with E-state index in [0.717, 1.165) is 0 Å². The molecule has 0 aromatic heterocycles. The topological polar surface area (TPSA) is 55.1 Å². The smallest absolute Gasteiger partial charge is 0.252 e. The Morgan fingerprint density at radius 3 is 2.68 bits per heavy atom. The molecule has 1 fully saturated rings. The summed E-state index contributed by atoms with van der Waals surface area (Å²) in [5, 5.41) is 3.41. The summed E-state index contributed by atoms with van der Waals surface area (Å²) in [5.41, 5.74) is 6.92. The van der Waals surface area contributed by atoms with E-state index in [9.17, 15) is 4.79 Å². The van der Waals surface area contributed by atoms with E-state index in [0.29, 0.717) is 22.8 Å². The Morgan fingerprint density at radius 1 is 1.37 bits per heavy atom. The Morgan fingerprint density at radius 2 is 2.05 bits per heavy atom. The molecule has 2 rings (SSSR count). The van der Waals surface area contributed by atoms with Gasteiger partial charge in [-0.1, -0.05) is 37.8 Å². The molecule has 1 aliphatic rings. The van der Waals surface area contributed by atoms with Crippen molar-refractivity contribution in [2.75, 3.05) is 12.3 Å². The van der Waals surface area contributed by atoms with Crippen molar-refractivity contribution in [2.24, 2.45) is 5.41 Å². The fraction of sp³-hybridized carbons (Fsp3) is 0.533. The average Bonchev–Trinajstić information content (AvgIpc) is 2.37. The first kappa shape index (κ1) is 14.2. The molecule has 0 saturated heterocycles. The quantitative estimate of drug-likeness (QED) is 0.831. The summed E-state index contributed by atoms with van der Waals surface area (Å²) in [5.74, 6) is -0.114. The van der Waals surface area contributed by atoms with E-state index in [1.807, 2.05) is 0 Å². The van der Waals surface area contributed by atoms with Crippen molar-refractivity contribution in [1.82, 2.24) is 5.32 Å². The maximum Gasteiger partial charge on any atom is 0.252 e. The monoisotopic (exact) mass is 280 g/mol. The molecule has 1 saturated carbocycles. The fourth-order valence-electron chi connectivity index (χ4n) is 2.69. The van der Waals surface area contributed by atoms with Crippen molar-refractivity contribution in [3.8, 4) is 0 Å². The largest absolute Gasteiger partial charge is 0.399 e. The molecule has 0 heterocycles. The molecule has 0 aliphatic heterocycles. The molecule has 0 bridgehead atoms. The SMILES string of the molecule is CC1(CNC(=O)c2ccc(N)cc2Cl)CCCCC1. The van der Waals surface area contributed by atoms with Crippen molar-refractivity contribution in [2.45, 2.75) is 39.0 Å². The second-order valence-corrected chi connectivity index (χ2v) is 6.20. The predicted octanol–water partition coefficient (Wildman–Crippen LogP) is 3.62. The Balaban J connectivity index is 1.97. The maximum absolute atomic E-state index is 12.1. The van der Waals surface area contributed by atoms with E-state index in [-0.39, 0.29) is 11.3 Å². The lowest BCUT2D eigenvalue weighted by atomic mass is 9.76. The van der Waals surface area contributed by atoms with Crippen LogP contribution in [0, 0.1) is 5.41 Å². The highest BCUT2D eigenvalue weighted by molar-refractivity contribution is 6.34. The van der Waals surface area contributed by atoms with Crippen LogP contribution in [-0.2, 0) is 0 Å². The number of amides is 1. The van der Waals surface area contributed by atoms with E-state index >= 15 is 0 Å². The zero-order valence-electron chi connectivity index (χ0n) is 11.3. The van der Waals surface area contributed by atoms with Gasteiger partial charge in [0, 0.05) is 12.2 Å². The minimum Gasteiger partial charge on any atom is -0.399 e. The van der Waals surface area contributed by atoms with Crippen LogP contribution in [0.4, 0.5) is 5.69 Å². The third-order valence-corrected chi connectivity index (χ3v) is 4.29. The average molecular weight is 281 g/mol. The summed E-state index contributed by atoms with van der Waals surface area (Å²) < 4.78 is 0. The molecule has 0 unspecified atom stereocenters. The zero-order chi connectivity index (χ0) is 13.9. The molecular formula is C15H21ClN2O. The normalized spacial score (nSPS) is 18.0.